The number of benzene rings is 4. The van der Waals surface area contributed by atoms with E-state index in [1.807, 2.05) is 47.7 Å². The molecule has 362 valence electrons. The smallest absolute Gasteiger partial charge is 0.0420 e. The van der Waals surface area contributed by atoms with Gasteiger partial charge >= 0.3 is 0 Å². The van der Waals surface area contributed by atoms with Crippen LogP contribution in [0, 0.1) is 24.2 Å². The summed E-state index contributed by atoms with van der Waals surface area (Å²) in [7, 11) is 1.85. The van der Waals surface area contributed by atoms with Crippen LogP contribution >= 0.6 is 0 Å². The molecule has 0 saturated heterocycles. The van der Waals surface area contributed by atoms with Crippen LogP contribution in [-0.4, -0.2) is 7.05 Å². The van der Waals surface area contributed by atoms with Crippen molar-refractivity contribution in [2.75, 3.05) is 12.4 Å². The van der Waals surface area contributed by atoms with Gasteiger partial charge in [-0.25, -0.2) is 0 Å². The van der Waals surface area contributed by atoms with Crippen LogP contribution in [0.3, 0.4) is 0 Å². The molecular weight excluding hydrogens is 821 g/mol. The zero-order chi connectivity index (χ0) is 50.4. The molecule has 0 amide bonds. The summed E-state index contributed by atoms with van der Waals surface area (Å²) >= 11 is 0. The summed E-state index contributed by atoms with van der Waals surface area (Å²) in [5.74, 6) is 0.953. The number of rotatable bonds is 9. The number of aryl methyl sites for hydroxylation is 1. The Hall–Kier alpha value is -5.86. The van der Waals surface area contributed by atoms with E-state index in [2.05, 4.69) is 232 Å². The fourth-order valence-corrected chi connectivity index (χ4v) is 9.47. The third kappa shape index (κ3) is 14.3. The Morgan fingerprint density at radius 2 is 1.40 bits per heavy atom. The van der Waals surface area contributed by atoms with Crippen molar-refractivity contribution in [1.29, 1.82) is 0 Å². The van der Waals surface area contributed by atoms with Crippen molar-refractivity contribution in [3.63, 3.8) is 0 Å². The van der Waals surface area contributed by atoms with Gasteiger partial charge in [-0.2, -0.15) is 0 Å². The first kappa shape index (κ1) is 56.5. The Balaban J connectivity index is 0.000000370. The summed E-state index contributed by atoms with van der Waals surface area (Å²) in [5.41, 5.74) is 17.5. The van der Waals surface area contributed by atoms with Crippen LogP contribution in [-0.2, 0) is 5.41 Å². The van der Waals surface area contributed by atoms with E-state index in [0.717, 1.165) is 29.9 Å². The largest absolute Gasteiger partial charge is 0.392 e. The Morgan fingerprint density at radius 1 is 0.779 bits per heavy atom. The van der Waals surface area contributed by atoms with E-state index in [9.17, 15) is 0 Å². The molecule has 0 bridgehead atoms. The van der Waals surface area contributed by atoms with E-state index in [1.165, 1.54) is 85.7 Å². The maximum Gasteiger partial charge on any atom is 0.0420 e. The average Bonchev–Trinajstić information content (AvgIpc) is 3.72. The highest BCUT2D eigenvalue weighted by Gasteiger charge is 2.46. The lowest BCUT2D eigenvalue weighted by Gasteiger charge is -2.28. The van der Waals surface area contributed by atoms with Crippen LogP contribution < -0.4 is 10.6 Å². The fourth-order valence-electron chi connectivity index (χ4n) is 9.47. The number of hydrogen-bond acceptors (Lipinski definition) is 2. The molecule has 0 heterocycles. The normalized spacial score (nSPS) is 18.5. The van der Waals surface area contributed by atoms with Gasteiger partial charge in [-0.05, 0) is 149 Å². The first-order valence-corrected chi connectivity index (χ1v) is 25.6. The summed E-state index contributed by atoms with van der Waals surface area (Å²) in [6, 6.07) is 30.6. The maximum atomic E-state index is 4.00. The number of hydrogen-bond donors (Lipinski definition) is 2. The minimum Gasteiger partial charge on any atom is -0.392 e. The highest BCUT2D eigenvalue weighted by atomic mass is 14.9. The van der Waals surface area contributed by atoms with Crippen molar-refractivity contribution in [3.8, 4) is 0 Å². The van der Waals surface area contributed by atoms with Crippen molar-refractivity contribution in [1.82, 2.24) is 5.32 Å². The third-order valence-corrected chi connectivity index (χ3v) is 12.8. The molecule has 4 aromatic rings. The van der Waals surface area contributed by atoms with Crippen LogP contribution in [0.5, 0.6) is 0 Å². The van der Waals surface area contributed by atoms with Gasteiger partial charge < -0.3 is 10.6 Å². The topological polar surface area (TPSA) is 24.1 Å². The highest BCUT2D eigenvalue weighted by Crippen LogP contribution is 2.56. The van der Waals surface area contributed by atoms with Gasteiger partial charge in [-0.3, -0.25) is 0 Å². The van der Waals surface area contributed by atoms with Gasteiger partial charge in [0.1, 0.15) is 0 Å². The average molecular weight is 909 g/mol. The molecule has 0 radical (unpaired) electrons. The quantitative estimate of drug-likeness (QED) is 0.129. The van der Waals surface area contributed by atoms with Crippen molar-refractivity contribution in [3.05, 3.63) is 215 Å². The van der Waals surface area contributed by atoms with Crippen molar-refractivity contribution < 1.29 is 0 Å². The summed E-state index contributed by atoms with van der Waals surface area (Å²) in [6.45, 7) is 37.7. The summed E-state index contributed by atoms with van der Waals surface area (Å²) in [4.78, 5) is 0. The van der Waals surface area contributed by atoms with Crippen molar-refractivity contribution >= 4 is 33.3 Å². The molecule has 68 heavy (non-hydrogen) atoms. The zero-order valence-corrected chi connectivity index (χ0v) is 45.0. The number of anilines is 2. The van der Waals surface area contributed by atoms with E-state index in [1.54, 1.807) is 0 Å². The molecule has 1 fully saturated rings. The minimum atomic E-state index is 0.111. The van der Waals surface area contributed by atoms with E-state index < -0.39 is 0 Å². The Morgan fingerprint density at radius 3 is 2.04 bits per heavy atom. The number of fused-ring (bicyclic) bond motifs is 5. The molecule has 2 heteroatoms. The van der Waals surface area contributed by atoms with Crippen molar-refractivity contribution in [2.24, 2.45) is 17.3 Å². The van der Waals surface area contributed by atoms with Crippen LogP contribution in [0.15, 0.2) is 193 Å². The standard InChI is InChI=1S/C40H43N.C15H16.C4H9N.C3H8.2C2H6/c1-7-14-35-36-18-11-13-20-38(36)40(5,6)37(35)19-12-9-16-32(27-28(2)3)30-21-24-33(25-22-30)41-39-26-23-31-15-8-10-17-34(31)29(39)4;1-15(2)13-9-5-3-7-11(13)12-8-4-6-10-14(12)15;1-4(2)5-3;1-3-2;2*1-2/h7-8,10-11,13-27,36,38,41H,1,9,12H2,2-6H3;3,5,7-10H,4,6H2,1-2H3;5H,1H2,2-3H3;3H2,1-2H3;2*1-2H3/b32-16+,35-14-,37-19+;;;;;. The lowest BCUT2D eigenvalue weighted by molar-refractivity contribution is 0.333. The summed E-state index contributed by atoms with van der Waals surface area (Å²) < 4.78 is 0. The molecule has 2 atom stereocenters. The molecule has 4 aliphatic carbocycles. The lowest BCUT2D eigenvalue weighted by atomic mass is 9.75. The van der Waals surface area contributed by atoms with Gasteiger partial charge in [0, 0.05) is 29.8 Å². The van der Waals surface area contributed by atoms with Crippen LogP contribution in [0.4, 0.5) is 11.4 Å². The number of unbranched alkanes of at least 4 members (excludes halogenated alkanes) is 1. The molecule has 1 saturated carbocycles. The Labute approximate surface area is 415 Å². The van der Waals surface area contributed by atoms with Crippen LogP contribution in [0.25, 0.3) is 21.9 Å². The molecule has 0 aromatic heterocycles. The molecule has 2 unspecified atom stereocenters. The third-order valence-electron chi connectivity index (χ3n) is 12.8. The second kappa shape index (κ2) is 27.8. The first-order valence-electron chi connectivity index (χ1n) is 25.6. The molecule has 2 nitrogen and oxygen atoms in total. The predicted octanol–water partition coefficient (Wildman–Crippen LogP) is 19.7. The molecular formula is C66H88N2. The summed E-state index contributed by atoms with van der Waals surface area (Å²) in [5, 5.41) is 9.03. The Bertz CT molecular complexity index is 2510. The van der Waals surface area contributed by atoms with Crippen LogP contribution in [0.1, 0.15) is 144 Å². The van der Waals surface area contributed by atoms with E-state index in [0.29, 0.717) is 11.8 Å². The minimum absolute atomic E-state index is 0.111. The van der Waals surface area contributed by atoms with Gasteiger partial charge in [0.25, 0.3) is 0 Å². The fraction of sp³-hybridized carbons (Fsp3) is 0.364. The number of nitrogens with one attached hydrogen (secondary N) is 2. The summed E-state index contributed by atoms with van der Waals surface area (Å²) in [6.07, 6.45) is 31.0. The van der Waals surface area contributed by atoms with Gasteiger partial charge in [0.05, 0.1) is 0 Å². The van der Waals surface area contributed by atoms with Gasteiger partial charge in [0.2, 0.25) is 0 Å². The molecule has 8 rings (SSSR count). The van der Waals surface area contributed by atoms with E-state index in [-0.39, 0.29) is 10.8 Å². The first-order chi connectivity index (χ1) is 32.7. The van der Waals surface area contributed by atoms with Gasteiger partial charge in [0.15, 0.2) is 0 Å². The van der Waals surface area contributed by atoms with Gasteiger partial charge in [-0.15, -0.1) is 0 Å². The zero-order valence-electron chi connectivity index (χ0n) is 45.0. The monoisotopic (exact) mass is 909 g/mol. The maximum absolute atomic E-state index is 4.00. The second-order valence-electron chi connectivity index (χ2n) is 18.9. The Kier molecular flexibility index (Phi) is 23.1. The second-order valence-corrected chi connectivity index (χ2v) is 18.9. The van der Waals surface area contributed by atoms with E-state index >= 15 is 0 Å². The van der Waals surface area contributed by atoms with Gasteiger partial charge in [-0.1, -0.05) is 228 Å². The van der Waals surface area contributed by atoms with Crippen molar-refractivity contribution in [2.45, 2.75) is 134 Å². The van der Waals surface area contributed by atoms with Crippen LogP contribution in [0.2, 0.25) is 0 Å². The molecule has 4 aromatic carbocycles. The lowest BCUT2D eigenvalue weighted by Crippen LogP contribution is -2.21. The highest BCUT2D eigenvalue weighted by molar-refractivity contribution is 5.91. The molecule has 2 N–H and O–H groups in total. The molecule has 0 aliphatic heterocycles. The SMILES string of the molecule is C=C(C)NC.C=C/C=C1\C(=C/CC/C=C(\C=C(C)C)c2ccc(Nc3ccc4ccccc4c3C)cc2)C(C)(C)C2C=CC=CC12.CC.CC.CC1(C)C2=CCCC=C2c2ccccc21.CCC. The van der Waals surface area contributed by atoms with E-state index in [4.69, 9.17) is 0 Å². The molecule has 4 aliphatic rings. The number of allylic oxidation sites excluding steroid dienone is 18. The molecule has 0 spiro atoms. The predicted molar refractivity (Wildman–Crippen MR) is 308 cm³/mol.